The fourth-order valence-electron chi connectivity index (χ4n) is 10.6. The Morgan fingerprint density at radius 3 is 2.23 bits per heavy atom. The highest BCUT2D eigenvalue weighted by Crippen LogP contribution is 2.75. The first kappa shape index (κ1) is 36.2. The van der Waals surface area contributed by atoms with E-state index >= 15 is 0 Å². The first-order valence-electron chi connectivity index (χ1n) is 16.7. The van der Waals surface area contributed by atoms with E-state index in [1.807, 2.05) is 0 Å². The van der Waals surface area contributed by atoms with Crippen LogP contribution >= 0.6 is 0 Å². The van der Waals surface area contributed by atoms with Crippen LogP contribution in [0.2, 0.25) is 0 Å². The lowest BCUT2D eigenvalue weighted by atomic mass is 9.38. The van der Waals surface area contributed by atoms with E-state index in [0.29, 0.717) is 24.7 Å². The van der Waals surface area contributed by atoms with Crippen molar-refractivity contribution in [3.8, 4) is 0 Å². The van der Waals surface area contributed by atoms with Crippen molar-refractivity contribution in [2.45, 2.75) is 149 Å². The normalized spacial score (nSPS) is 41.9. The monoisotopic (exact) mass is 628 g/mol. The van der Waals surface area contributed by atoms with Crippen molar-refractivity contribution >= 4 is 0 Å². The second kappa shape index (κ2) is 12.7. The minimum Gasteiger partial charge on any atom is -0.393 e. The number of aliphatic hydroxyl groups is 5. The molecule has 44 heavy (non-hydrogen) atoms. The van der Waals surface area contributed by atoms with Gasteiger partial charge in [-0.25, -0.2) is 9.78 Å². The lowest BCUT2D eigenvalue weighted by Crippen LogP contribution is -2.64. The van der Waals surface area contributed by atoms with Gasteiger partial charge in [-0.15, -0.1) is 0 Å². The first-order valence-corrected chi connectivity index (χ1v) is 16.7. The Bertz CT molecular complexity index is 1030. The van der Waals surface area contributed by atoms with Crippen molar-refractivity contribution in [1.29, 1.82) is 0 Å². The molecule has 0 aromatic rings. The van der Waals surface area contributed by atoms with Gasteiger partial charge in [-0.1, -0.05) is 53.2 Å². The molecule has 0 spiro atoms. The fourth-order valence-corrected chi connectivity index (χ4v) is 10.6. The van der Waals surface area contributed by atoms with Crippen molar-refractivity contribution in [2.75, 3.05) is 6.61 Å². The average molecular weight is 629 g/mol. The maximum atomic E-state index is 12.1. The lowest BCUT2D eigenvalue weighted by molar-refractivity contribution is -0.306. The summed E-state index contributed by atoms with van der Waals surface area (Å²) in [6.45, 7) is 16.3. The SMILES string of the molecule is C[C@H](CC[C@@H](OC(O)[C@H](O)C(O)COO)C(C)(C)O)[C@H]1CC[C@@]2(C)[C@@H]3CC=C4[C@@H](CC[C@H](OO)C4(C)C)[C@]3(C)[C@H](O)C[C@]12C. The molecule has 13 atom stereocenters. The molecule has 0 amide bonds. The van der Waals surface area contributed by atoms with Gasteiger partial charge < -0.3 is 30.3 Å². The van der Waals surface area contributed by atoms with E-state index in [4.69, 9.17) is 14.9 Å². The third-order valence-electron chi connectivity index (χ3n) is 13.6. The van der Waals surface area contributed by atoms with Crippen LogP contribution in [0.25, 0.3) is 0 Å². The number of fused-ring (bicyclic) bond motifs is 5. The Kier molecular flexibility index (Phi) is 10.5. The van der Waals surface area contributed by atoms with Crippen LogP contribution in [0.1, 0.15) is 107 Å². The third-order valence-corrected chi connectivity index (χ3v) is 13.6. The van der Waals surface area contributed by atoms with Gasteiger partial charge in [0.15, 0.2) is 6.29 Å². The van der Waals surface area contributed by atoms with Crippen molar-refractivity contribution in [2.24, 2.45) is 45.3 Å². The molecule has 256 valence electrons. The van der Waals surface area contributed by atoms with Gasteiger partial charge in [0.1, 0.15) is 24.9 Å². The van der Waals surface area contributed by atoms with Crippen LogP contribution in [0.15, 0.2) is 11.6 Å². The summed E-state index contributed by atoms with van der Waals surface area (Å²) in [5, 5.41) is 71.7. The van der Waals surface area contributed by atoms with E-state index in [1.165, 1.54) is 5.57 Å². The molecule has 4 aliphatic carbocycles. The second-order valence-corrected chi connectivity index (χ2v) is 16.5. The Morgan fingerprint density at radius 2 is 1.64 bits per heavy atom. The third kappa shape index (κ3) is 5.84. The van der Waals surface area contributed by atoms with Gasteiger partial charge in [0.2, 0.25) is 0 Å². The molecule has 10 heteroatoms. The van der Waals surface area contributed by atoms with Gasteiger partial charge in [-0.05, 0) is 99.7 Å². The Hall–Kier alpha value is -0.660. The predicted octanol–water partition coefficient (Wildman–Crippen LogP) is 4.52. The molecule has 2 unspecified atom stereocenters. The van der Waals surface area contributed by atoms with Gasteiger partial charge in [0, 0.05) is 10.8 Å². The van der Waals surface area contributed by atoms with Crippen LogP contribution in [0.4, 0.5) is 0 Å². The standard InChI is InChI=1S/C34H60O10/c1-19(9-13-27(31(4,5)39)43-29(38)28(37)23(35)18-42-40)20-15-16-32(6)24-12-10-21-22(11-14-26(44-41)30(21,2)3)34(24,8)25(36)17-33(20,32)7/h10,19-20,22-29,35-41H,9,11-18H2,1-8H3/t19-,20-,22-,23?,24+,25-,26+,27-,28-,29?,32+,33-,34+/m1/s1. The first-order chi connectivity index (χ1) is 20.3. The number of aliphatic hydroxyl groups excluding tert-OH is 4. The zero-order valence-corrected chi connectivity index (χ0v) is 28.1. The van der Waals surface area contributed by atoms with Crippen LogP contribution in [-0.2, 0) is 14.5 Å². The zero-order chi connectivity index (χ0) is 33.0. The summed E-state index contributed by atoms with van der Waals surface area (Å²) in [5.41, 5.74) is -0.651. The number of hydrogen-bond acceptors (Lipinski definition) is 10. The van der Waals surface area contributed by atoms with E-state index < -0.39 is 42.9 Å². The van der Waals surface area contributed by atoms with Crippen molar-refractivity contribution < 1.29 is 50.6 Å². The Balaban J connectivity index is 1.52. The molecule has 0 aromatic heterocycles. The van der Waals surface area contributed by atoms with Crippen molar-refractivity contribution in [3.63, 3.8) is 0 Å². The maximum absolute atomic E-state index is 12.1. The smallest absolute Gasteiger partial charge is 0.183 e. The molecular weight excluding hydrogens is 568 g/mol. The second-order valence-electron chi connectivity index (χ2n) is 16.5. The Morgan fingerprint density at radius 1 is 0.977 bits per heavy atom. The molecule has 10 nitrogen and oxygen atoms in total. The van der Waals surface area contributed by atoms with Crippen LogP contribution in [0.3, 0.4) is 0 Å². The maximum Gasteiger partial charge on any atom is 0.183 e. The van der Waals surface area contributed by atoms with Crippen LogP contribution < -0.4 is 0 Å². The highest BCUT2D eigenvalue weighted by atomic mass is 17.1. The van der Waals surface area contributed by atoms with Gasteiger partial charge in [-0.2, -0.15) is 0 Å². The summed E-state index contributed by atoms with van der Waals surface area (Å²) < 4.78 is 5.68. The van der Waals surface area contributed by atoms with E-state index in [-0.39, 0.29) is 39.6 Å². The molecular formula is C34H60O10. The van der Waals surface area contributed by atoms with Crippen LogP contribution in [0.5, 0.6) is 0 Å². The molecule has 0 saturated heterocycles. The molecule has 4 aliphatic rings. The molecule has 0 heterocycles. The molecule has 0 bridgehead atoms. The largest absolute Gasteiger partial charge is 0.393 e. The van der Waals surface area contributed by atoms with Crippen LogP contribution in [-0.4, -0.2) is 85.1 Å². The quantitative estimate of drug-likeness (QED) is 0.0706. The lowest BCUT2D eigenvalue weighted by Gasteiger charge is -2.67. The molecule has 7 N–H and O–H groups in total. The van der Waals surface area contributed by atoms with E-state index in [0.717, 1.165) is 38.5 Å². The summed E-state index contributed by atoms with van der Waals surface area (Å²) in [4.78, 5) is 8.80. The average Bonchev–Trinajstić information content (AvgIpc) is 3.20. The number of rotatable bonds is 12. The molecule has 4 rings (SSSR count). The van der Waals surface area contributed by atoms with Gasteiger partial charge in [0.25, 0.3) is 0 Å². The van der Waals surface area contributed by atoms with Crippen molar-refractivity contribution in [3.05, 3.63) is 11.6 Å². The van der Waals surface area contributed by atoms with Crippen LogP contribution in [0, 0.1) is 45.3 Å². The summed E-state index contributed by atoms with van der Waals surface area (Å²) in [5.74, 6) is 1.14. The van der Waals surface area contributed by atoms with Gasteiger partial charge >= 0.3 is 0 Å². The fraction of sp³-hybridized carbons (Fsp3) is 0.941. The minimum atomic E-state index is -1.78. The van der Waals surface area contributed by atoms with Crippen molar-refractivity contribution in [1.82, 2.24) is 0 Å². The summed E-state index contributed by atoms with van der Waals surface area (Å²) in [6, 6.07) is 0. The van der Waals surface area contributed by atoms with E-state index in [1.54, 1.807) is 13.8 Å². The highest BCUT2D eigenvalue weighted by Gasteiger charge is 2.70. The highest BCUT2D eigenvalue weighted by molar-refractivity contribution is 5.31. The minimum absolute atomic E-state index is 0.0216. The number of ether oxygens (including phenoxy) is 1. The molecule has 0 radical (unpaired) electrons. The topological polar surface area (TPSA) is 169 Å². The number of hydrogen-bond donors (Lipinski definition) is 7. The zero-order valence-electron chi connectivity index (χ0n) is 28.1. The molecule has 3 fully saturated rings. The summed E-state index contributed by atoms with van der Waals surface area (Å²) in [6.07, 6.45) is 2.32. The van der Waals surface area contributed by atoms with Gasteiger partial charge in [-0.3, -0.25) is 10.5 Å². The van der Waals surface area contributed by atoms with Gasteiger partial charge in [0.05, 0.1) is 17.8 Å². The van der Waals surface area contributed by atoms with E-state index in [2.05, 4.69) is 52.5 Å². The molecule has 3 saturated carbocycles. The number of allylic oxidation sites excluding steroid dienone is 1. The summed E-state index contributed by atoms with van der Waals surface area (Å²) >= 11 is 0. The Labute approximate surface area is 263 Å². The predicted molar refractivity (Wildman–Crippen MR) is 164 cm³/mol. The van der Waals surface area contributed by atoms with E-state index in [9.17, 15) is 30.8 Å². The molecule has 0 aromatic carbocycles. The molecule has 0 aliphatic heterocycles. The summed E-state index contributed by atoms with van der Waals surface area (Å²) in [7, 11) is 0.